The normalized spacial score (nSPS) is 24.5. The average Bonchev–Trinajstić information content (AvgIpc) is 2.27. The second-order valence-corrected chi connectivity index (χ2v) is 5.90. The number of hydrogen-bond acceptors (Lipinski definition) is 2. The van der Waals surface area contributed by atoms with Gasteiger partial charge in [0.05, 0.1) is 9.12 Å². The van der Waals surface area contributed by atoms with Gasteiger partial charge in [0.1, 0.15) is 6.33 Å². The summed E-state index contributed by atoms with van der Waals surface area (Å²) < 4.78 is 0.0743. The summed E-state index contributed by atoms with van der Waals surface area (Å²) in [6, 6.07) is 0. The first kappa shape index (κ1) is 9.83. The largest absolute Gasteiger partial charge is 0.241 e. The molecule has 0 aliphatic heterocycles. The van der Waals surface area contributed by atoms with Crippen LogP contribution in [0.3, 0.4) is 0 Å². The average molecular weight is 298 g/mol. The van der Waals surface area contributed by atoms with Crippen LogP contribution in [0.1, 0.15) is 23.9 Å². The van der Waals surface area contributed by atoms with Gasteiger partial charge in [0.2, 0.25) is 0 Å². The lowest BCUT2D eigenvalue weighted by molar-refractivity contribution is 1.07. The molecule has 1 aromatic rings. The van der Waals surface area contributed by atoms with E-state index in [2.05, 4.69) is 63.8 Å². The first-order valence-corrected chi connectivity index (χ1v) is 5.55. The Kier molecular flexibility index (Phi) is 2.43. The number of alkyl halides is 1. The molecule has 1 heterocycles. The number of hydrogen-bond donors (Lipinski definition) is 0. The van der Waals surface area contributed by atoms with Gasteiger partial charge in [-0.15, -0.1) is 0 Å². The van der Waals surface area contributed by atoms with E-state index in [4.69, 9.17) is 0 Å². The highest BCUT2D eigenvalue weighted by Gasteiger charge is 2.15. The summed E-state index contributed by atoms with van der Waals surface area (Å²) >= 11 is 2.40. The van der Waals surface area contributed by atoms with Gasteiger partial charge in [0.25, 0.3) is 0 Å². The van der Waals surface area contributed by atoms with Crippen LogP contribution in [0.5, 0.6) is 0 Å². The maximum atomic E-state index is 4.25. The van der Waals surface area contributed by atoms with E-state index < -0.39 is 0 Å². The van der Waals surface area contributed by atoms with Crippen molar-refractivity contribution in [2.45, 2.75) is 17.3 Å². The maximum absolute atomic E-state index is 4.25. The molecule has 1 unspecified atom stereocenters. The minimum absolute atomic E-state index is 0.0743. The molecule has 0 bridgehead atoms. The predicted molar refractivity (Wildman–Crippen MR) is 67.3 cm³/mol. The Morgan fingerprint density at radius 2 is 1.93 bits per heavy atom. The minimum atomic E-state index is 0.0743. The third-order valence-corrected chi connectivity index (χ3v) is 2.98. The number of rotatable bonds is 0. The highest BCUT2D eigenvalue weighted by molar-refractivity contribution is 14.1. The van der Waals surface area contributed by atoms with Crippen LogP contribution in [-0.4, -0.2) is 13.4 Å². The summed E-state index contributed by atoms with van der Waals surface area (Å²) in [5.41, 5.74) is 3.17. The number of fused-ring (bicyclic) bond motifs is 1. The van der Waals surface area contributed by atoms with Crippen molar-refractivity contribution in [3.63, 3.8) is 0 Å². The summed E-state index contributed by atoms with van der Waals surface area (Å²) in [5, 5.41) is 0. The standard InChI is InChI=1S/C11H11IN2/c1-8-9-3-5-11(2,12)6-4-10(9)14-7-13-8/h3-7H,1-2H3. The molecule has 2 nitrogen and oxygen atoms in total. The van der Waals surface area contributed by atoms with Gasteiger partial charge in [0.15, 0.2) is 0 Å². The van der Waals surface area contributed by atoms with Gasteiger partial charge in [-0.1, -0.05) is 40.8 Å². The third-order valence-electron chi connectivity index (χ3n) is 2.26. The number of halogens is 1. The van der Waals surface area contributed by atoms with Crippen molar-refractivity contribution in [3.8, 4) is 0 Å². The lowest BCUT2D eigenvalue weighted by Crippen LogP contribution is -2.04. The quantitative estimate of drug-likeness (QED) is 0.543. The van der Waals surface area contributed by atoms with Crippen molar-refractivity contribution in [2.75, 3.05) is 0 Å². The van der Waals surface area contributed by atoms with Crippen LogP contribution in [0.15, 0.2) is 18.5 Å². The van der Waals surface area contributed by atoms with Crippen molar-refractivity contribution in [3.05, 3.63) is 35.4 Å². The summed E-state index contributed by atoms with van der Waals surface area (Å²) in [4.78, 5) is 8.44. The minimum Gasteiger partial charge on any atom is -0.241 e. The summed E-state index contributed by atoms with van der Waals surface area (Å²) in [7, 11) is 0. The van der Waals surface area contributed by atoms with E-state index in [9.17, 15) is 0 Å². The van der Waals surface area contributed by atoms with Crippen LogP contribution < -0.4 is 0 Å². The van der Waals surface area contributed by atoms with Crippen molar-refractivity contribution < 1.29 is 0 Å². The van der Waals surface area contributed by atoms with E-state index in [0.717, 1.165) is 17.0 Å². The lowest BCUT2D eigenvalue weighted by Gasteiger charge is -2.09. The topological polar surface area (TPSA) is 25.8 Å². The molecule has 3 heteroatoms. The molecule has 2 rings (SSSR count). The molecular formula is C11H11IN2. The van der Waals surface area contributed by atoms with Crippen LogP contribution >= 0.6 is 22.6 Å². The Morgan fingerprint density at radius 1 is 1.21 bits per heavy atom. The SMILES string of the molecule is Cc1ncnc2c1C=CC(C)(I)C=C2. The fraction of sp³-hybridized carbons (Fsp3) is 0.273. The monoisotopic (exact) mass is 298 g/mol. The zero-order valence-electron chi connectivity index (χ0n) is 8.16. The fourth-order valence-corrected chi connectivity index (χ4v) is 1.74. The molecule has 1 aliphatic carbocycles. The van der Waals surface area contributed by atoms with Crippen molar-refractivity contribution >= 4 is 34.7 Å². The van der Waals surface area contributed by atoms with E-state index >= 15 is 0 Å². The van der Waals surface area contributed by atoms with Crippen molar-refractivity contribution in [2.24, 2.45) is 0 Å². The molecule has 0 N–H and O–H groups in total. The molecule has 0 spiro atoms. The van der Waals surface area contributed by atoms with Crippen LogP contribution in [0.2, 0.25) is 0 Å². The van der Waals surface area contributed by atoms with E-state index in [1.54, 1.807) is 6.33 Å². The van der Waals surface area contributed by atoms with Gasteiger partial charge in [-0.3, -0.25) is 0 Å². The second-order valence-electron chi connectivity index (χ2n) is 3.58. The highest BCUT2D eigenvalue weighted by Crippen LogP contribution is 2.28. The first-order valence-electron chi connectivity index (χ1n) is 4.47. The maximum Gasteiger partial charge on any atom is 0.116 e. The van der Waals surface area contributed by atoms with Gasteiger partial charge in [0, 0.05) is 11.3 Å². The molecule has 0 aromatic carbocycles. The van der Waals surface area contributed by atoms with Gasteiger partial charge in [-0.2, -0.15) is 0 Å². The molecule has 1 atom stereocenters. The van der Waals surface area contributed by atoms with Crippen LogP contribution in [-0.2, 0) is 0 Å². The Labute approximate surface area is 97.3 Å². The van der Waals surface area contributed by atoms with Crippen LogP contribution in [0.25, 0.3) is 12.2 Å². The van der Waals surface area contributed by atoms with Gasteiger partial charge >= 0.3 is 0 Å². The van der Waals surface area contributed by atoms with Gasteiger partial charge in [-0.05, 0) is 19.9 Å². The summed E-state index contributed by atoms with van der Waals surface area (Å²) in [5.74, 6) is 0. The molecule has 0 radical (unpaired) electrons. The van der Waals surface area contributed by atoms with Crippen molar-refractivity contribution in [1.82, 2.24) is 9.97 Å². The van der Waals surface area contributed by atoms with E-state index in [0.29, 0.717) is 0 Å². The molecule has 14 heavy (non-hydrogen) atoms. The molecule has 0 amide bonds. The van der Waals surface area contributed by atoms with Crippen LogP contribution in [0.4, 0.5) is 0 Å². The zero-order chi connectivity index (χ0) is 10.2. The second kappa shape index (κ2) is 3.46. The smallest absolute Gasteiger partial charge is 0.116 e. The van der Waals surface area contributed by atoms with Gasteiger partial charge in [-0.25, -0.2) is 9.97 Å². The third kappa shape index (κ3) is 1.87. The summed E-state index contributed by atoms with van der Waals surface area (Å²) in [6.45, 7) is 4.17. The lowest BCUT2D eigenvalue weighted by atomic mass is 10.1. The molecule has 1 aromatic heterocycles. The van der Waals surface area contributed by atoms with Gasteiger partial charge < -0.3 is 0 Å². The Bertz CT molecular complexity index is 419. The molecule has 72 valence electrons. The van der Waals surface area contributed by atoms with Crippen molar-refractivity contribution in [1.29, 1.82) is 0 Å². The highest BCUT2D eigenvalue weighted by atomic mass is 127. The summed E-state index contributed by atoms with van der Waals surface area (Å²) in [6.07, 6.45) is 10.1. The molecule has 1 aliphatic rings. The fourth-order valence-electron chi connectivity index (χ4n) is 1.38. The first-order chi connectivity index (χ1) is 6.58. The van der Waals surface area contributed by atoms with E-state index in [-0.39, 0.29) is 3.42 Å². The van der Waals surface area contributed by atoms with E-state index in [1.165, 1.54) is 0 Å². The predicted octanol–water partition coefficient (Wildman–Crippen LogP) is 3.02. The van der Waals surface area contributed by atoms with Crippen LogP contribution in [0, 0.1) is 6.92 Å². The van der Waals surface area contributed by atoms with E-state index in [1.807, 2.05) is 6.92 Å². The molecular weight excluding hydrogens is 287 g/mol. The Morgan fingerprint density at radius 3 is 2.71 bits per heavy atom. The number of aromatic nitrogens is 2. The Balaban J connectivity index is 2.60. The zero-order valence-corrected chi connectivity index (χ0v) is 10.3. The number of aryl methyl sites for hydroxylation is 1. The number of allylic oxidation sites excluding steroid dienone is 2. The molecule has 0 fully saturated rings. The molecule has 0 saturated carbocycles. The number of nitrogens with zero attached hydrogens (tertiary/aromatic N) is 2. The Hall–Kier alpha value is -0.710. The molecule has 0 saturated heterocycles.